The van der Waals surface area contributed by atoms with Crippen LogP contribution in [0.4, 0.5) is 4.79 Å². The topological polar surface area (TPSA) is 82.8 Å². The third-order valence-electron chi connectivity index (χ3n) is 8.21. The van der Waals surface area contributed by atoms with Gasteiger partial charge >= 0.3 is 13.2 Å². The minimum atomic E-state index is -0.631. The first kappa shape index (κ1) is 26.4. The number of hydrogen-bond donors (Lipinski definition) is 1. The zero-order chi connectivity index (χ0) is 28.1. The summed E-state index contributed by atoms with van der Waals surface area (Å²) in [7, 11) is -0.631. The van der Waals surface area contributed by atoms with Gasteiger partial charge in [0.15, 0.2) is 11.5 Å². The monoisotopic (exact) mass is 536 g/mol. The Bertz CT molecular complexity index is 1560. The van der Waals surface area contributed by atoms with Gasteiger partial charge in [-0.2, -0.15) is 0 Å². The van der Waals surface area contributed by atoms with Crippen LogP contribution in [-0.2, 0) is 14.0 Å². The van der Waals surface area contributed by atoms with Gasteiger partial charge in [0, 0.05) is 19.4 Å². The van der Waals surface area contributed by atoms with Crippen LogP contribution in [0, 0.1) is 6.92 Å². The second kappa shape index (κ2) is 9.95. The molecule has 0 bridgehead atoms. The van der Waals surface area contributed by atoms with Crippen LogP contribution in [-0.4, -0.2) is 42.5 Å². The van der Waals surface area contributed by atoms with E-state index in [1.54, 1.807) is 0 Å². The van der Waals surface area contributed by atoms with E-state index in [0.717, 1.165) is 22.1 Å². The predicted octanol–water partition coefficient (Wildman–Crippen LogP) is 6.69. The van der Waals surface area contributed by atoms with Gasteiger partial charge in [0.25, 0.3) is 0 Å². The van der Waals surface area contributed by atoms with Crippen molar-refractivity contribution >= 4 is 30.4 Å². The molecule has 1 amide bonds. The second-order valence-electron chi connectivity index (χ2n) is 11.4. The molecule has 8 heteroatoms. The molecule has 2 aliphatic rings. The second-order valence-corrected chi connectivity index (χ2v) is 11.4. The number of nitrogens with zero attached hydrogens (tertiary/aromatic N) is 1. The van der Waals surface area contributed by atoms with Crippen LogP contribution >= 0.6 is 0 Å². The number of amides is 1. The Balaban J connectivity index is 1.19. The van der Waals surface area contributed by atoms with Crippen molar-refractivity contribution in [2.24, 2.45) is 0 Å². The number of rotatable bonds is 6. The molecule has 3 aromatic carbocycles. The van der Waals surface area contributed by atoms with Gasteiger partial charge < -0.3 is 23.8 Å². The van der Waals surface area contributed by atoms with E-state index in [9.17, 15) is 4.79 Å². The van der Waals surface area contributed by atoms with Crippen molar-refractivity contribution in [3.8, 4) is 11.1 Å². The van der Waals surface area contributed by atoms with Gasteiger partial charge in [-0.3, -0.25) is 0 Å². The highest BCUT2D eigenvalue weighted by Crippen LogP contribution is 2.44. The molecule has 1 fully saturated rings. The van der Waals surface area contributed by atoms with Gasteiger partial charge in [-0.15, -0.1) is 0 Å². The molecule has 1 N–H and O–H groups in total. The van der Waals surface area contributed by atoms with Crippen LogP contribution in [0.25, 0.3) is 28.3 Å². The number of oxazole rings is 1. The lowest BCUT2D eigenvalue weighted by Crippen LogP contribution is -2.41. The van der Waals surface area contributed by atoms with Crippen molar-refractivity contribution in [2.45, 2.75) is 51.7 Å². The molecule has 0 spiro atoms. The zero-order valence-electron chi connectivity index (χ0n) is 23.5. The normalized spacial score (nSPS) is 17.6. The van der Waals surface area contributed by atoms with Crippen LogP contribution in [0.5, 0.6) is 0 Å². The highest BCUT2D eigenvalue weighted by Gasteiger charge is 2.52. The smallest absolute Gasteiger partial charge is 0.449 e. The van der Waals surface area contributed by atoms with E-state index < -0.39 is 24.4 Å². The van der Waals surface area contributed by atoms with Crippen LogP contribution < -0.4 is 5.32 Å². The molecule has 0 atom stereocenters. The number of carbonyl (C=O) groups excluding carboxylic acids is 1. The number of ether oxygens (including phenoxy) is 1. The fourth-order valence-corrected chi connectivity index (χ4v) is 5.38. The fraction of sp³-hybridized carbons (Fsp3) is 0.312. The molecule has 0 unspecified atom stereocenters. The molecule has 2 heterocycles. The summed E-state index contributed by atoms with van der Waals surface area (Å²) in [5.74, 6) is 0.605. The lowest BCUT2D eigenvalue weighted by atomic mass is 9.77. The molecule has 204 valence electrons. The summed E-state index contributed by atoms with van der Waals surface area (Å²) >= 11 is 0. The van der Waals surface area contributed by atoms with Gasteiger partial charge in [0.2, 0.25) is 0 Å². The molecule has 0 saturated carbocycles. The summed E-state index contributed by atoms with van der Waals surface area (Å²) in [5.41, 5.74) is 6.86. The maximum Gasteiger partial charge on any atom is 0.492 e. The first-order valence-corrected chi connectivity index (χ1v) is 13.6. The highest BCUT2D eigenvalue weighted by molar-refractivity contribution is 6.56. The molecule has 1 aromatic heterocycles. The van der Waals surface area contributed by atoms with E-state index in [-0.39, 0.29) is 19.1 Å². The third kappa shape index (κ3) is 4.82. The van der Waals surface area contributed by atoms with Crippen molar-refractivity contribution in [2.75, 3.05) is 13.2 Å². The minimum absolute atomic E-state index is 0.00564. The Morgan fingerprint density at radius 1 is 0.975 bits per heavy atom. The van der Waals surface area contributed by atoms with E-state index in [4.69, 9.17) is 18.5 Å². The van der Waals surface area contributed by atoms with Crippen LogP contribution in [0.1, 0.15) is 56.2 Å². The van der Waals surface area contributed by atoms with Gasteiger partial charge in [-0.1, -0.05) is 60.7 Å². The van der Waals surface area contributed by atoms with Gasteiger partial charge in [0.1, 0.15) is 12.1 Å². The molecular weight excluding hydrogens is 503 g/mol. The zero-order valence-corrected chi connectivity index (χ0v) is 23.5. The molecule has 1 saturated heterocycles. The summed E-state index contributed by atoms with van der Waals surface area (Å²) in [5, 5.41) is 2.92. The first-order valence-electron chi connectivity index (χ1n) is 13.6. The Labute approximate surface area is 234 Å². The van der Waals surface area contributed by atoms with Crippen molar-refractivity contribution < 1.29 is 23.3 Å². The lowest BCUT2D eigenvalue weighted by molar-refractivity contribution is 0.00578. The first-order chi connectivity index (χ1) is 19.1. The van der Waals surface area contributed by atoms with Crippen LogP contribution in [0.2, 0.25) is 0 Å². The van der Waals surface area contributed by atoms with Crippen molar-refractivity contribution in [1.82, 2.24) is 10.3 Å². The molecule has 7 nitrogen and oxygen atoms in total. The van der Waals surface area contributed by atoms with Gasteiger partial charge in [-0.05, 0) is 73.1 Å². The van der Waals surface area contributed by atoms with E-state index in [1.165, 1.54) is 22.3 Å². The Morgan fingerprint density at radius 2 is 1.60 bits per heavy atom. The third-order valence-corrected chi connectivity index (χ3v) is 8.21. The Kier molecular flexibility index (Phi) is 6.55. The van der Waals surface area contributed by atoms with Crippen LogP contribution in [0.3, 0.4) is 0 Å². The summed E-state index contributed by atoms with van der Waals surface area (Å²) < 4.78 is 24.0. The average Bonchev–Trinajstić information content (AvgIpc) is 3.52. The maximum atomic E-state index is 13.0. The lowest BCUT2D eigenvalue weighted by Gasteiger charge is -2.32. The molecular formula is C32H33BN2O5. The molecule has 1 aliphatic heterocycles. The minimum Gasteiger partial charge on any atom is -0.449 e. The summed E-state index contributed by atoms with van der Waals surface area (Å²) in [6.45, 7) is 10.3. The SMILES string of the molecule is Cc1nc2cc(C=C(CNC(=O)OCC3c4ccccc4-c4ccccc43)B3OC(C)(C)C(C)(C)O3)ccc2o1. The molecule has 1 aliphatic carbocycles. The summed E-state index contributed by atoms with van der Waals surface area (Å²) in [6.07, 6.45) is 1.47. The quantitative estimate of drug-likeness (QED) is 0.277. The fourth-order valence-electron chi connectivity index (χ4n) is 5.38. The van der Waals surface area contributed by atoms with Crippen molar-refractivity contribution in [3.63, 3.8) is 0 Å². The maximum absolute atomic E-state index is 13.0. The number of nitrogens with one attached hydrogen (secondary N) is 1. The van der Waals surface area contributed by atoms with Crippen LogP contribution in [0.15, 0.2) is 76.6 Å². The number of benzene rings is 3. The van der Waals surface area contributed by atoms with E-state index >= 15 is 0 Å². The summed E-state index contributed by atoms with van der Waals surface area (Å²) in [4.78, 5) is 17.4. The van der Waals surface area contributed by atoms with E-state index in [0.29, 0.717) is 5.89 Å². The number of aromatic nitrogens is 1. The van der Waals surface area contributed by atoms with Crippen molar-refractivity contribution in [3.05, 3.63) is 94.8 Å². The van der Waals surface area contributed by atoms with Gasteiger partial charge in [-0.25, -0.2) is 9.78 Å². The number of hydrogen-bond acceptors (Lipinski definition) is 6. The molecule has 40 heavy (non-hydrogen) atoms. The Hall–Kier alpha value is -3.88. The predicted molar refractivity (Wildman–Crippen MR) is 156 cm³/mol. The Morgan fingerprint density at radius 3 is 2.25 bits per heavy atom. The number of aryl methyl sites for hydroxylation is 1. The largest absolute Gasteiger partial charge is 0.492 e. The number of alkyl carbamates (subject to hydrolysis) is 1. The number of fused-ring (bicyclic) bond motifs is 4. The molecule has 6 rings (SSSR count). The standard InChI is InChI=1S/C32H33BN2O5/c1-20-35-28-17-21(14-15-29(28)38-20)16-22(33-39-31(2,3)32(4,5)40-33)18-34-30(36)37-19-27-25-12-8-6-10-23(25)24-11-7-9-13-26(24)27/h6-17,27H,18-19H2,1-5H3,(H,34,36). The molecule has 4 aromatic rings. The highest BCUT2D eigenvalue weighted by atomic mass is 16.7. The van der Waals surface area contributed by atoms with Gasteiger partial charge in [0.05, 0.1) is 11.2 Å². The summed E-state index contributed by atoms with van der Waals surface area (Å²) in [6, 6.07) is 22.4. The van der Waals surface area contributed by atoms with E-state index in [1.807, 2.05) is 83.2 Å². The van der Waals surface area contributed by atoms with Crippen molar-refractivity contribution in [1.29, 1.82) is 0 Å². The average molecular weight is 536 g/mol. The van der Waals surface area contributed by atoms with E-state index in [2.05, 4.69) is 34.6 Å². The number of carbonyl (C=O) groups is 1. The molecule has 0 radical (unpaired) electrons.